The normalized spacial score (nSPS) is 11.2. The predicted molar refractivity (Wildman–Crippen MR) is 109 cm³/mol. The van der Waals surface area contributed by atoms with Crippen LogP contribution in [0.5, 0.6) is 11.5 Å². The van der Waals surface area contributed by atoms with Gasteiger partial charge in [-0.15, -0.1) is 0 Å². The summed E-state index contributed by atoms with van der Waals surface area (Å²) in [6.07, 6.45) is 1.80. The van der Waals surface area contributed by atoms with Gasteiger partial charge in [-0.2, -0.15) is 0 Å². The number of benzene rings is 2. The molecule has 0 fully saturated rings. The third-order valence-electron chi connectivity index (χ3n) is 3.98. The van der Waals surface area contributed by atoms with Gasteiger partial charge in [0.05, 0.1) is 0 Å². The van der Waals surface area contributed by atoms with E-state index in [9.17, 15) is 14.4 Å². The van der Waals surface area contributed by atoms with Crippen LogP contribution in [-0.4, -0.2) is 37.0 Å². The molecule has 29 heavy (non-hydrogen) atoms. The summed E-state index contributed by atoms with van der Waals surface area (Å²) in [7, 11) is 0. The van der Waals surface area contributed by atoms with Crippen molar-refractivity contribution in [1.82, 2.24) is 10.6 Å². The molecule has 2 N–H and O–H groups in total. The third kappa shape index (κ3) is 8.04. The van der Waals surface area contributed by atoms with Gasteiger partial charge < -0.3 is 20.1 Å². The Morgan fingerprint density at radius 1 is 0.966 bits per heavy atom. The van der Waals surface area contributed by atoms with Gasteiger partial charge in [-0.1, -0.05) is 31.5 Å². The number of carbonyl (C=O) groups is 3. The van der Waals surface area contributed by atoms with E-state index in [2.05, 4.69) is 10.6 Å². The maximum atomic E-state index is 12.1. The molecule has 2 amide bonds. The number of nitrogens with one attached hydrogen (secondary N) is 2. The minimum absolute atomic E-state index is 0.0275. The van der Waals surface area contributed by atoms with Gasteiger partial charge >= 0.3 is 5.97 Å². The van der Waals surface area contributed by atoms with E-state index >= 15 is 0 Å². The Morgan fingerprint density at radius 3 is 2.28 bits per heavy atom. The molecule has 0 heterocycles. The van der Waals surface area contributed by atoms with Crippen LogP contribution in [0.2, 0.25) is 0 Å². The van der Waals surface area contributed by atoms with Gasteiger partial charge in [0.25, 0.3) is 11.8 Å². The van der Waals surface area contributed by atoms with Crippen molar-refractivity contribution in [3.63, 3.8) is 0 Å². The van der Waals surface area contributed by atoms with Gasteiger partial charge in [-0.05, 0) is 49.7 Å². The minimum Gasteiger partial charge on any atom is -0.457 e. The lowest BCUT2D eigenvalue weighted by atomic mass is 10.2. The maximum absolute atomic E-state index is 12.1. The van der Waals surface area contributed by atoms with Crippen molar-refractivity contribution in [2.75, 3.05) is 13.2 Å². The van der Waals surface area contributed by atoms with Crippen LogP contribution in [0.15, 0.2) is 54.6 Å². The standard InChI is InChI=1S/C22H26N2O5/c1-3-7-16(2)24-20(25)15-28-21(26)14-23-22(27)17-10-12-19(13-11-17)29-18-8-5-4-6-9-18/h4-6,8-13,16H,3,7,14-15H2,1-2H3,(H,23,27)(H,24,25)/t16-/m1/s1. The van der Waals surface area contributed by atoms with Gasteiger partial charge in [-0.3, -0.25) is 14.4 Å². The number of para-hydroxylation sites is 1. The van der Waals surface area contributed by atoms with Crippen molar-refractivity contribution in [3.8, 4) is 11.5 Å². The Kier molecular flexibility index (Phi) is 8.69. The fourth-order valence-corrected chi connectivity index (χ4v) is 2.57. The first-order valence-corrected chi connectivity index (χ1v) is 9.54. The van der Waals surface area contributed by atoms with Crippen molar-refractivity contribution in [2.24, 2.45) is 0 Å². The van der Waals surface area contributed by atoms with Crippen LogP contribution in [0, 0.1) is 0 Å². The van der Waals surface area contributed by atoms with Gasteiger partial charge in [0.2, 0.25) is 0 Å². The van der Waals surface area contributed by atoms with E-state index in [1.165, 1.54) is 0 Å². The Labute approximate surface area is 170 Å². The van der Waals surface area contributed by atoms with Crippen molar-refractivity contribution >= 4 is 17.8 Å². The van der Waals surface area contributed by atoms with Crippen molar-refractivity contribution in [3.05, 3.63) is 60.2 Å². The molecular formula is C22H26N2O5. The summed E-state index contributed by atoms with van der Waals surface area (Å²) in [4.78, 5) is 35.5. The zero-order valence-corrected chi connectivity index (χ0v) is 16.6. The first kappa shape index (κ1) is 21.9. The monoisotopic (exact) mass is 398 g/mol. The summed E-state index contributed by atoms with van der Waals surface area (Å²) < 4.78 is 10.5. The number of hydrogen-bond donors (Lipinski definition) is 2. The molecule has 0 bridgehead atoms. The molecule has 7 nitrogen and oxygen atoms in total. The molecule has 0 spiro atoms. The summed E-state index contributed by atoms with van der Waals surface area (Å²) in [5.74, 6) is -0.175. The van der Waals surface area contributed by atoms with E-state index in [-0.39, 0.29) is 25.1 Å². The fourth-order valence-electron chi connectivity index (χ4n) is 2.57. The fraction of sp³-hybridized carbons (Fsp3) is 0.318. The van der Waals surface area contributed by atoms with Crippen LogP contribution >= 0.6 is 0 Å². The van der Waals surface area contributed by atoms with E-state index in [1.54, 1.807) is 24.3 Å². The highest BCUT2D eigenvalue weighted by atomic mass is 16.5. The van der Waals surface area contributed by atoms with Gasteiger partial charge in [0.15, 0.2) is 6.61 Å². The van der Waals surface area contributed by atoms with E-state index in [1.807, 2.05) is 44.2 Å². The lowest BCUT2D eigenvalue weighted by molar-refractivity contribution is -0.147. The third-order valence-corrected chi connectivity index (χ3v) is 3.98. The molecule has 154 valence electrons. The molecule has 2 aromatic carbocycles. The summed E-state index contributed by atoms with van der Waals surface area (Å²) >= 11 is 0. The van der Waals surface area contributed by atoms with E-state index in [0.717, 1.165) is 12.8 Å². The molecule has 0 aromatic heterocycles. The Morgan fingerprint density at radius 2 is 1.62 bits per heavy atom. The molecule has 1 atom stereocenters. The highest BCUT2D eigenvalue weighted by Crippen LogP contribution is 2.21. The topological polar surface area (TPSA) is 93.7 Å². The predicted octanol–water partition coefficient (Wildman–Crippen LogP) is 3.06. The van der Waals surface area contributed by atoms with Gasteiger partial charge in [0.1, 0.15) is 18.0 Å². The molecule has 0 unspecified atom stereocenters. The molecular weight excluding hydrogens is 372 g/mol. The van der Waals surface area contributed by atoms with Crippen molar-refractivity contribution in [2.45, 2.75) is 32.7 Å². The maximum Gasteiger partial charge on any atom is 0.325 e. The number of rotatable bonds is 10. The average Bonchev–Trinajstić information content (AvgIpc) is 2.72. The highest BCUT2D eigenvalue weighted by molar-refractivity contribution is 5.96. The Hall–Kier alpha value is -3.35. The zero-order valence-electron chi connectivity index (χ0n) is 16.6. The molecule has 2 rings (SSSR count). The zero-order chi connectivity index (χ0) is 21.1. The smallest absolute Gasteiger partial charge is 0.325 e. The molecule has 2 aromatic rings. The SMILES string of the molecule is CCC[C@@H](C)NC(=O)COC(=O)CNC(=O)c1ccc(Oc2ccccc2)cc1. The van der Waals surface area contributed by atoms with Gasteiger partial charge in [-0.25, -0.2) is 0 Å². The van der Waals surface area contributed by atoms with E-state index in [0.29, 0.717) is 17.1 Å². The number of carbonyl (C=O) groups excluding carboxylic acids is 3. The Bertz CT molecular complexity index is 806. The molecule has 7 heteroatoms. The van der Waals surface area contributed by atoms with Crippen LogP contribution in [0.4, 0.5) is 0 Å². The van der Waals surface area contributed by atoms with Crippen molar-refractivity contribution in [1.29, 1.82) is 0 Å². The number of ether oxygens (including phenoxy) is 2. The average molecular weight is 398 g/mol. The summed E-state index contributed by atoms with van der Waals surface area (Å²) in [5.41, 5.74) is 0.379. The number of hydrogen-bond acceptors (Lipinski definition) is 5. The molecule has 0 aliphatic carbocycles. The quantitative estimate of drug-likeness (QED) is 0.600. The van der Waals surface area contributed by atoms with E-state index in [4.69, 9.17) is 9.47 Å². The van der Waals surface area contributed by atoms with Crippen molar-refractivity contribution < 1.29 is 23.9 Å². The first-order valence-electron chi connectivity index (χ1n) is 9.54. The highest BCUT2D eigenvalue weighted by Gasteiger charge is 2.12. The second kappa shape index (κ2) is 11.5. The van der Waals surface area contributed by atoms with Crippen LogP contribution in [0.1, 0.15) is 37.0 Å². The second-order valence-corrected chi connectivity index (χ2v) is 6.54. The molecule has 0 aliphatic heterocycles. The van der Waals surface area contributed by atoms with Crippen LogP contribution < -0.4 is 15.4 Å². The summed E-state index contributed by atoms with van der Waals surface area (Å²) in [6.45, 7) is 3.22. The largest absolute Gasteiger partial charge is 0.457 e. The minimum atomic E-state index is -0.680. The number of esters is 1. The van der Waals surface area contributed by atoms with E-state index < -0.39 is 11.9 Å². The number of amides is 2. The van der Waals surface area contributed by atoms with Gasteiger partial charge in [0, 0.05) is 11.6 Å². The summed E-state index contributed by atoms with van der Waals surface area (Å²) in [6, 6.07) is 15.8. The lowest BCUT2D eigenvalue weighted by Crippen LogP contribution is -2.37. The van der Waals surface area contributed by atoms with Crippen LogP contribution in [0.3, 0.4) is 0 Å². The molecule has 0 aliphatic rings. The second-order valence-electron chi connectivity index (χ2n) is 6.54. The first-order chi connectivity index (χ1) is 14.0. The Balaban J connectivity index is 1.73. The molecule has 0 saturated carbocycles. The van der Waals surface area contributed by atoms with Crippen LogP contribution in [-0.2, 0) is 14.3 Å². The van der Waals surface area contributed by atoms with Crippen LogP contribution in [0.25, 0.3) is 0 Å². The summed E-state index contributed by atoms with van der Waals surface area (Å²) in [5, 5.41) is 5.20. The lowest BCUT2D eigenvalue weighted by Gasteiger charge is -2.12. The molecule has 0 radical (unpaired) electrons. The molecule has 0 saturated heterocycles.